The van der Waals surface area contributed by atoms with Gasteiger partial charge < -0.3 is 5.32 Å². The molecule has 0 aromatic rings. The van der Waals surface area contributed by atoms with Gasteiger partial charge in [-0.2, -0.15) is 0 Å². The number of hydrogen-bond donors (Lipinski definition) is 1. The molecule has 0 aliphatic rings. The summed E-state index contributed by atoms with van der Waals surface area (Å²) < 4.78 is 0.188. The van der Waals surface area contributed by atoms with Gasteiger partial charge in [0.25, 0.3) is 0 Å². The molecule has 0 aromatic heterocycles. The second-order valence-electron chi connectivity index (χ2n) is 1.55. The number of halogens is 1. The van der Waals surface area contributed by atoms with Crippen LogP contribution in [0.25, 0.3) is 0 Å². The van der Waals surface area contributed by atoms with Crippen molar-refractivity contribution in [2.24, 2.45) is 0 Å². The highest BCUT2D eigenvalue weighted by Gasteiger charge is 2.07. The SMILES string of the molecule is CC[C@H](NC)C(=O)I. The first-order chi connectivity index (χ1) is 3.72. The van der Waals surface area contributed by atoms with Crippen molar-refractivity contribution in [1.29, 1.82) is 0 Å². The number of carbonyl (C=O) groups excluding carboxylic acids is 1. The molecule has 1 atom stereocenters. The lowest BCUT2D eigenvalue weighted by Gasteiger charge is -2.05. The molecule has 1 N–H and O–H groups in total. The molecule has 0 fully saturated rings. The van der Waals surface area contributed by atoms with Crippen LogP contribution in [0.1, 0.15) is 13.3 Å². The van der Waals surface area contributed by atoms with E-state index < -0.39 is 0 Å². The zero-order chi connectivity index (χ0) is 6.57. The first-order valence-electron chi connectivity index (χ1n) is 2.59. The molecule has 0 unspecified atom stereocenters. The maximum absolute atomic E-state index is 10.5. The Kier molecular flexibility index (Phi) is 4.45. The molecule has 2 nitrogen and oxygen atoms in total. The van der Waals surface area contributed by atoms with E-state index in [1.165, 1.54) is 0 Å². The van der Waals surface area contributed by atoms with Crippen LogP contribution in [0.5, 0.6) is 0 Å². The Labute approximate surface area is 63.2 Å². The lowest BCUT2D eigenvalue weighted by Crippen LogP contribution is -2.29. The zero-order valence-electron chi connectivity index (χ0n) is 5.07. The van der Waals surface area contributed by atoms with Crippen molar-refractivity contribution >= 4 is 26.4 Å². The van der Waals surface area contributed by atoms with E-state index in [2.05, 4.69) is 5.32 Å². The van der Waals surface area contributed by atoms with Crippen molar-refractivity contribution < 1.29 is 4.79 Å². The van der Waals surface area contributed by atoms with Crippen molar-refractivity contribution in [3.63, 3.8) is 0 Å². The van der Waals surface area contributed by atoms with E-state index in [1.807, 2.05) is 6.92 Å². The maximum Gasteiger partial charge on any atom is 0.209 e. The van der Waals surface area contributed by atoms with Gasteiger partial charge in [0.15, 0.2) is 0 Å². The van der Waals surface area contributed by atoms with Crippen LogP contribution >= 0.6 is 22.6 Å². The summed E-state index contributed by atoms with van der Waals surface area (Å²) in [6.07, 6.45) is 0.873. The summed E-state index contributed by atoms with van der Waals surface area (Å²) >= 11 is 1.80. The topological polar surface area (TPSA) is 29.1 Å². The summed E-state index contributed by atoms with van der Waals surface area (Å²) in [6, 6.07) is 0.0515. The van der Waals surface area contributed by atoms with Crippen LogP contribution in [0.3, 0.4) is 0 Å². The van der Waals surface area contributed by atoms with Crippen molar-refractivity contribution in [1.82, 2.24) is 5.32 Å². The third-order valence-corrected chi connectivity index (χ3v) is 1.78. The maximum atomic E-state index is 10.5. The Morgan fingerprint density at radius 3 is 2.38 bits per heavy atom. The minimum absolute atomic E-state index is 0.0515. The van der Waals surface area contributed by atoms with Gasteiger partial charge >= 0.3 is 0 Å². The fraction of sp³-hybridized carbons (Fsp3) is 0.800. The van der Waals surface area contributed by atoms with Gasteiger partial charge in [0, 0.05) is 22.6 Å². The predicted octanol–water partition coefficient (Wildman–Crippen LogP) is 0.946. The third kappa shape index (κ3) is 2.61. The van der Waals surface area contributed by atoms with Crippen LogP contribution in [-0.2, 0) is 4.79 Å². The zero-order valence-corrected chi connectivity index (χ0v) is 7.23. The summed E-state index contributed by atoms with van der Waals surface area (Å²) in [5.41, 5.74) is 0. The average molecular weight is 227 g/mol. The van der Waals surface area contributed by atoms with Crippen molar-refractivity contribution in [2.75, 3.05) is 7.05 Å². The number of nitrogens with one attached hydrogen (secondary N) is 1. The van der Waals surface area contributed by atoms with Gasteiger partial charge in [0.1, 0.15) is 0 Å². The fourth-order valence-corrected chi connectivity index (χ4v) is 1.23. The number of likely N-dealkylation sites (N-methyl/N-ethyl adjacent to an activating group) is 1. The molecule has 0 amide bonds. The molecule has 0 aromatic carbocycles. The predicted molar refractivity (Wildman–Crippen MR) is 42.2 cm³/mol. The number of rotatable bonds is 3. The van der Waals surface area contributed by atoms with E-state index in [4.69, 9.17) is 0 Å². The van der Waals surface area contributed by atoms with Crippen LogP contribution in [-0.4, -0.2) is 16.9 Å². The largest absolute Gasteiger partial charge is 0.310 e. The monoisotopic (exact) mass is 227 g/mol. The molecular weight excluding hydrogens is 217 g/mol. The number of hydrogen-bond acceptors (Lipinski definition) is 2. The summed E-state index contributed by atoms with van der Waals surface area (Å²) in [7, 11) is 1.80. The smallest absolute Gasteiger partial charge is 0.209 e. The highest BCUT2D eigenvalue weighted by molar-refractivity contribution is 14.1. The van der Waals surface area contributed by atoms with E-state index in [0.29, 0.717) is 0 Å². The molecule has 0 heterocycles. The Bertz CT molecular complexity index is 80.5. The Morgan fingerprint density at radius 2 is 2.38 bits per heavy atom. The second-order valence-corrected chi connectivity index (χ2v) is 2.62. The van der Waals surface area contributed by atoms with Gasteiger partial charge in [-0.05, 0) is 13.5 Å². The summed E-state index contributed by atoms with van der Waals surface area (Å²) in [5.74, 6) is 0. The molecule has 3 heteroatoms. The van der Waals surface area contributed by atoms with Gasteiger partial charge in [0.2, 0.25) is 3.79 Å². The molecule has 0 saturated heterocycles. The second kappa shape index (κ2) is 4.26. The normalized spacial score (nSPS) is 13.4. The molecule has 0 rings (SSSR count). The third-order valence-electron chi connectivity index (χ3n) is 1.03. The quantitative estimate of drug-likeness (QED) is 0.574. The van der Waals surface area contributed by atoms with E-state index in [1.54, 1.807) is 29.6 Å². The van der Waals surface area contributed by atoms with Crippen molar-refractivity contribution in [2.45, 2.75) is 19.4 Å². The van der Waals surface area contributed by atoms with Gasteiger partial charge in [-0.1, -0.05) is 6.92 Å². The van der Waals surface area contributed by atoms with Crippen LogP contribution in [0.15, 0.2) is 0 Å². The lowest BCUT2D eigenvalue weighted by atomic mass is 10.3. The molecule has 8 heavy (non-hydrogen) atoms. The van der Waals surface area contributed by atoms with E-state index in [9.17, 15) is 4.79 Å². The Balaban J connectivity index is 3.52. The minimum atomic E-state index is 0.0515. The van der Waals surface area contributed by atoms with Crippen LogP contribution in [0.2, 0.25) is 0 Å². The first kappa shape index (κ1) is 8.36. The molecule has 0 radical (unpaired) electrons. The fourth-order valence-electron chi connectivity index (χ4n) is 0.478. The van der Waals surface area contributed by atoms with Gasteiger partial charge in [0.05, 0.1) is 6.04 Å². The van der Waals surface area contributed by atoms with Crippen LogP contribution in [0.4, 0.5) is 0 Å². The molecule has 0 saturated carbocycles. The summed E-state index contributed by atoms with van der Waals surface area (Å²) in [5, 5.41) is 2.89. The van der Waals surface area contributed by atoms with Crippen LogP contribution in [0, 0.1) is 0 Å². The van der Waals surface area contributed by atoms with Crippen molar-refractivity contribution in [3.05, 3.63) is 0 Å². The van der Waals surface area contributed by atoms with Gasteiger partial charge in [-0.3, -0.25) is 4.79 Å². The van der Waals surface area contributed by atoms with E-state index in [-0.39, 0.29) is 9.83 Å². The lowest BCUT2D eigenvalue weighted by molar-refractivity contribution is -0.111. The highest BCUT2D eigenvalue weighted by Crippen LogP contribution is 1.97. The van der Waals surface area contributed by atoms with Gasteiger partial charge in [-0.25, -0.2) is 0 Å². The molecule has 48 valence electrons. The highest BCUT2D eigenvalue weighted by atomic mass is 127. The number of carbonyl (C=O) groups is 1. The van der Waals surface area contributed by atoms with Gasteiger partial charge in [-0.15, -0.1) is 0 Å². The Morgan fingerprint density at radius 1 is 1.88 bits per heavy atom. The first-order valence-corrected chi connectivity index (χ1v) is 3.66. The summed E-state index contributed by atoms with van der Waals surface area (Å²) in [4.78, 5) is 10.5. The van der Waals surface area contributed by atoms with E-state index >= 15 is 0 Å². The molecule has 0 aliphatic heterocycles. The molecule has 0 spiro atoms. The van der Waals surface area contributed by atoms with Crippen LogP contribution < -0.4 is 5.32 Å². The molecule has 0 bridgehead atoms. The molecular formula is C5H10INO. The van der Waals surface area contributed by atoms with E-state index in [0.717, 1.165) is 6.42 Å². The molecule has 0 aliphatic carbocycles. The minimum Gasteiger partial charge on any atom is -0.310 e. The average Bonchev–Trinajstić information content (AvgIpc) is 1.69. The Hall–Kier alpha value is 0.360. The summed E-state index contributed by atoms with van der Waals surface area (Å²) in [6.45, 7) is 1.98. The van der Waals surface area contributed by atoms with Crippen molar-refractivity contribution in [3.8, 4) is 0 Å². The standard InChI is InChI=1S/C5H10INO/c1-3-4(7-2)5(6)8/h4,7H,3H2,1-2H3/t4-/m0/s1.